The SMILES string of the molecule is O=C(O)CN(CCN(CC(=O)O)CC(=O)O)CC(=O)O.[Li]. The third-order valence-electron chi connectivity index (χ3n) is 2.17. The Morgan fingerprint density at radius 2 is 0.762 bits per heavy atom. The zero-order chi connectivity index (χ0) is 15.7. The van der Waals surface area contributed by atoms with Crippen LogP contribution in [-0.2, 0) is 19.2 Å². The number of carboxylic acids is 4. The minimum Gasteiger partial charge on any atom is -0.480 e. The largest absolute Gasteiger partial charge is 0.480 e. The van der Waals surface area contributed by atoms with E-state index in [4.69, 9.17) is 20.4 Å². The minimum absolute atomic E-state index is 0. The molecule has 11 heteroatoms. The Balaban J connectivity index is 0. The molecule has 0 rings (SSSR count). The number of hydrogen-bond donors (Lipinski definition) is 4. The molecular formula is C10H16LiN2O8. The predicted octanol–water partition coefficient (Wildman–Crippen LogP) is -2.45. The van der Waals surface area contributed by atoms with E-state index in [0.717, 1.165) is 9.80 Å². The molecule has 115 valence electrons. The summed E-state index contributed by atoms with van der Waals surface area (Å²) < 4.78 is 0. The molecule has 21 heavy (non-hydrogen) atoms. The molecule has 0 atom stereocenters. The second-order valence-corrected chi connectivity index (χ2v) is 4.00. The van der Waals surface area contributed by atoms with Crippen LogP contribution < -0.4 is 0 Å². The molecule has 0 fully saturated rings. The Hall–Kier alpha value is -1.60. The van der Waals surface area contributed by atoms with Crippen molar-refractivity contribution in [2.24, 2.45) is 0 Å². The van der Waals surface area contributed by atoms with Gasteiger partial charge in [-0.3, -0.25) is 29.0 Å². The van der Waals surface area contributed by atoms with Crippen LogP contribution in [0.25, 0.3) is 0 Å². The van der Waals surface area contributed by atoms with Crippen LogP contribution in [0.2, 0.25) is 0 Å². The fraction of sp³-hybridized carbons (Fsp3) is 0.600. The van der Waals surface area contributed by atoms with Gasteiger partial charge in [-0.05, 0) is 0 Å². The van der Waals surface area contributed by atoms with Gasteiger partial charge in [0, 0.05) is 32.0 Å². The van der Waals surface area contributed by atoms with Crippen molar-refractivity contribution < 1.29 is 39.6 Å². The van der Waals surface area contributed by atoms with Gasteiger partial charge in [0.1, 0.15) is 0 Å². The monoisotopic (exact) mass is 299 g/mol. The van der Waals surface area contributed by atoms with E-state index in [1.54, 1.807) is 0 Å². The van der Waals surface area contributed by atoms with Crippen molar-refractivity contribution in [3.63, 3.8) is 0 Å². The Kier molecular flexibility index (Phi) is 11.5. The zero-order valence-electron chi connectivity index (χ0n) is 11.6. The van der Waals surface area contributed by atoms with Crippen molar-refractivity contribution in [3.05, 3.63) is 0 Å². The van der Waals surface area contributed by atoms with E-state index in [-0.39, 0.29) is 32.0 Å². The van der Waals surface area contributed by atoms with Gasteiger partial charge in [0.25, 0.3) is 0 Å². The number of carbonyl (C=O) groups is 4. The van der Waals surface area contributed by atoms with Gasteiger partial charge in [-0.2, -0.15) is 0 Å². The standard InChI is InChI=1S/C10H16N2O8.Li/c13-7(14)3-11(4-8(15)16)1-2-12(5-9(17)18)6-10(19)20;/h1-6H2,(H,13,14)(H,15,16)(H,17,18)(H,19,20);. The maximum Gasteiger partial charge on any atom is 0.317 e. The van der Waals surface area contributed by atoms with Crippen LogP contribution in [-0.4, -0.2) is 112 Å². The van der Waals surface area contributed by atoms with Crippen molar-refractivity contribution in [3.8, 4) is 0 Å². The van der Waals surface area contributed by atoms with Gasteiger partial charge >= 0.3 is 23.9 Å². The first kappa shape index (κ1) is 21.7. The third kappa shape index (κ3) is 13.1. The van der Waals surface area contributed by atoms with E-state index < -0.39 is 50.1 Å². The van der Waals surface area contributed by atoms with Gasteiger partial charge in [-0.25, -0.2) is 0 Å². The maximum absolute atomic E-state index is 10.6. The van der Waals surface area contributed by atoms with E-state index in [2.05, 4.69) is 0 Å². The van der Waals surface area contributed by atoms with Crippen LogP contribution >= 0.6 is 0 Å². The molecule has 0 saturated carbocycles. The first-order valence-corrected chi connectivity index (χ1v) is 5.52. The van der Waals surface area contributed by atoms with E-state index in [1.165, 1.54) is 0 Å². The summed E-state index contributed by atoms with van der Waals surface area (Å²) in [6, 6.07) is 0. The number of aliphatic carboxylic acids is 4. The Labute approximate surface area is 132 Å². The van der Waals surface area contributed by atoms with Crippen molar-refractivity contribution in [2.45, 2.75) is 0 Å². The Morgan fingerprint density at radius 1 is 0.571 bits per heavy atom. The molecule has 0 aliphatic carbocycles. The Bertz CT molecular complexity index is 321. The molecule has 10 nitrogen and oxygen atoms in total. The second kappa shape index (κ2) is 11.1. The smallest absolute Gasteiger partial charge is 0.317 e. The molecule has 1 radical (unpaired) electrons. The molecular weight excluding hydrogens is 283 g/mol. The molecule has 0 spiro atoms. The summed E-state index contributed by atoms with van der Waals surface area (Å²) in [5.74, 6) is -4.91. The van der Waals surface area contributed by atoms with Crippen LogP contribution in [0.3, 0.4) is 0 Å². The average Bonchev–Trinajstić information content (AvgIpc) is 2.22. The maximum atomic E-state index is 10.6. The molecule has 0 bridgehead atoms. The summed E-state index contributed by atoms with van der Waals surface area (Å²) in [7, 11) is 0. The van der Waals surface area contributed by atoms with Crippen molar-refractivity contribution in [1.29, 1.82) is 0 Å². The molecule has 0 aliphatic rings. The van der Waals surface area contributed by atoms with Gasteiger partial charge in [-0.15, -0.1) is 0 Å². The molecule has 0 saturated heterocycles. The van der Waals surface area contributed by atoms with Crippen LogP contribution in [0, 0.1) is 0 Å². The predicted molar refractivity (Wildman–Crippen MR) is 69.2 cm³/mol. The molecule has 0 aromatic carbocycles. The normalized spacial score (nSPS) is 10.2. The molecule has 0 aromatic rings. The first-order chi connectivity index (χ1) is 9.20. The van der Waals surface area contributed by atoms with Crippen LogP contribution in [0.5, 0.6) is 0 Å². The third-order valence-corrected chi connectivity index (χ3v) is 2.17. The second-order valence-electron chi connectivity index (χ2n) is 4.00. The van der Waals surface area contributed by atoms with E-state index >= 15 is 0 Å². The average molecular weight is 299 g/mol. The van der Waals surface area contributed by atoms with Gasteiger partial charge in [0.15, 0.2) is 0 Å². The van der Waals surface area contributed by atoms with Crippen molar-refractivity contribution in [1.82, 2.24) is 9.80 Å². The topological polar surface area (TPSA) is 156 Å². The first-order valence-electron chi connectivity index (χ1n) is 5.52. The summed E-state index contributed by atoms with van der Waals surface area (Å²) in [6.07, 6.45) is 0. The summed E-state index contributed by atoms with van der Waals surface area (Å²) in [5.41, 5.74) is 0. The van der Waals surface area contributed by atoms with Crippen molar-refractivity contribution in [2.75, 3.05) is 39.3 Å². The van der Waals surface area contributed by atoms with Gasteiger partial charge in [0.2, 0.25) is 0 Å². The number of hydrogen-bond acceptors (Lipinski definition) is 6. The molecule has 4 N–H and O–H groups in total. The molecule has 0 aromatic heterocycles. The van der Waals surface area contributed by atoms with E-state index in [1.807, 2.05) is 0 Å². The zero-order valence-corrected chi connectivity index (χ0v) is 11.6. The van der Waals surface area contributed by atoms with Gasteiger partial charge in [-0.1, -0.05) is 0 Å². The van der Waals surface area contributed by atoms with Gasteiger partial charge < -0.3 is 20.4 Å². The number of rotatable bonds is 11. The van der Waals surface area contributed by atoms with Crippen LogP contribution in [0.4, 0.5) is 0 Å². The molecule has 0 amide bonds. The summed E-state index contributed by atoms with van der Waals surface area (Å²) in [5, 5.41) is 34.5. The number of carboxylic acid groups (broad SMARTS) is 4. The molecule has 0 aliphatic heterocycles. The quantitative estimate of drug-likeness (QED) is 0.302. The number of nitrogens with zero attached hydrogens (tertiary/aromatic N) is 2. The summed E-state index contributed by atoms with van der Waals surface area (Å²) >= 11 is 0. The fourth-order valence-corrected chi connectivity index (χ4v) is 1.48. The fourth-order valence-electron chi connectivity index (χ4n) is 1.48. The van der Waals surface area contributed by atoms with Crippen LogP contribution in [0.15, 0.2) is 0 Å². The van der Waals surface area contributed by atoms with E-state index in [9.17, 15) is 19.2 Å². The Morgan fingerprint density at radius 3 is 0.905 bits per heavy atom. The van der Waals surface area contributed by atoms with E-state index in [0.29, 0.717) is 0 Å². The molecule has 0 heterocycles. The summed E-state index contributed by atoms with van der Waals surface area (Å²) in [4.78, 5) is 44.4. The summed E-state index contributed by atoms with van der Waals surface area (Å²) in [6.45, 7) is -2.25. The van der Waals surface area contributed by atoms with Gasteiger partial charge in [0.05, 0.1) is 26.2 Å². The van der Waals surface area contributed by atoms with Crippen LogP contribution in [0.1, 0.15) is 0 Å². The van der Waals surface area contributed by atoms with Crippen molar-refractivity contribution >= 4 is 42.7 Å². The minimum atomic E-state index is -1.23. The molecule has 0 unspecified atom stereocenters.